The van der Waals surface area contributed by atoms with Gasteiger partial charge in [-0.1, -0.05) is 41.7 Å². The molecule has 0 aromatic heterocycles. The van der Waals surface area contributed by atoms with Crippen molar-refractivity contribution in [2.24, 2.45) is 11.1 Å². The molecule has 1 aromatic carbocycles. The summed E-state index contributed by atoms with van der Waals surface area (Å²) < 4.78 is 21.7. The molecule has 1 unspecified atom stereocenters. The number of aromatic carboxylic acids is 1. The number of benzene rings is 1. The molecule has 0 saturated carbocycles. The van der Waals surface area contributed by atoms with Gasteiger partial charge >= 0.3 is 5.97 Å². The SMILES string of the molecule is CC1CCN(c2cc(C(=O)O)cc(S(N)(=O)=O)c2C(Cl)(Cl)Cl)C1. The summed E-state index contributed by atoms with van der Waals surface area (Å²) in [5.41, 5.74) is -0.0936. The molecule has 1 fully saturated rings. The summed E-state index contributed by atoms with van der Waals surface area (Å²) in [6.45, 7) is 3.22. The van der Waals surface area contributed by atoms with E-state index in [-0.39, 0.29) is 16.8 Å². The maximum atomic E-state index is 11.9. The van der Waals surface area contributed by atoms with E-state index < -0.39 is 24.7 Å². The molecule has 1 aromatic rings. The van der Waals surface area contributed by atoms with Gasteiger partial charge in [0.1, 0.15) is 0 Å². The van der Waals surface area contributed by atoms with E-state index in [0.717, 1.165) is 12.5 Å². The van der Waals surface area contributed by atoms with Crippen LogP contribution in [-0.4, -0.2) is 32.6 Å². The molecule has 23 heavy (non-hydrogen) atoms. The van der Waals surface area contributed by atoms with E-state index in [1.54, 1.807) is 0 Å². The topological polar surface area (TPSA) is 101 Å². The van der Waals surface area contributed by atoms with Crippen LogP contribution in [0.2, 0.25) is 0 Å². The average molecular weight is 402 g/mol. The molecule has 1 aliphatic heterocycles. The minimum Gasteiger partial charge on any atom is -0.478 e. The van der Waals surface area contributed by atoms with E-state index >= 15 is 0 Å². The standard InChI is InChI=1S/C13H15Cl3N2O4S/c1-7-2-3-18(6-7)9-4-8(12(19)20)5-10(23(17,21)22)11(9)13(14,15)16/h4-5,7H,2-3,6H2,1H3,(H,19,20)(H2,17,21,22). The molecule has 128 valence electrons. The molecule has 1 aliphatic rings. The zero-order valence-electron chi connectivity index (χ0n) is 12.1. The fraction of sp³-hybridized carbons (Fsp3) is 0.462. The normalized spacial score (nSPS) is 19.2. The molecule has 0 bridgehead atoms. The Morgan fingerprint density at radius 3 is 2.39 bits per heavy atom. The highest BCUT2D eigenvalue weighted by Crippen LogP contribution is 2.47. The predicted octanol–water partition coefficient (Wildman–Crippen LogP) is 2.71. The highest BCUT2D eigenvalue weighted by atomic mass is 35.6. The Morgan fingerprint density at radius 2 is 2.00 bits per heavy atom. The van der Waals surface area contributed by atoms with E-state index in [1.165, 1.54) is 6.07 Å². The molecule has 2 rings (SSSR count). The number of primary sulfonamides is 1. The first-order valence-electron chi connectivity index (χ1n) is 6.67. The van der Waals surface area contributed by atoms with Crippen molar-refractivity contribution in [3.05, 3.63) is 23.3 Å². The summed E-state index contributed by atoms with van der Waals surface area (Å²) >= 11 is 17.9. The van der Waals surface area contributed by atoms with Gasteiger partial charge in [0, 0.05) is 24.3 Å². The second-order valence-electron chi connectivity index (χ2n) is 5.56. The number of alkyl halides is 3. The summed E-state index contributed by atoms with van der Waals surface area (Å²) in [5, 5.41) is 14.4. The first-order chi connectivity index (χ1) is 10.4. The number of hydrogen-bond donors (Lipinski definition) is 2. The third-order valence-electron chi connectivity index (χ3n) is 3.68. The number of carboxylic acid groups (broad SMARTS) is 1. The van der Waals surface area contributed by atoms with Crippen molar-refractivity contribution in [2.45, 2.75) is 22.0 Å². The van der Waals surface area contributed by atoms with Crippen molar-refractivity contribution < 1.29 is 18.3 Å². The van der Waals surface area contributed by atoms with Crippen LogP contribution >= 0.6 is 34.8 Å². The molecule has 0 spiro atoms. The van der Waals surface area contributed by atoms with Crippen LogP contribution in [0, 0.1) is 5.92 Å². The highest BCUT2D eigenvalue weighted by molar-refractivity contribution is 7.89. The third-order valence-corrected chi connectivity index (χ3v) is 5.18. The second-order valence-corrected chi connectivity index (χ2v) is 9.37. The number of halogens is 3. The lowest BCUT2D eigenvalue weighted by molar-refractivity contribution is 0.0696. The van der Waals surface area contributed by atoms with Gasteiger partial charge in [-0.25, -0.2) is 18.4 Å². The molecule has 1 atom stereocenters. The van der Waals surface area contributed by atoms with Crippen LogP contribution in [0.4, 0.5) is 5.69 Å². The van der Waals surface area contributed by atoms with Gasteiger partial charge in [-0.2, -0.15) is 0 Å². The van der Waals surface area contributed by atoms with Gasteiger partial charge in [0.05, 0.1) is 10.5 Å². The van der Waals surface area contributed by atoms with Crippen LogP contribution in [0.1, 0.15) is 29.3 Å². The number of carboxylic acids is 1. The van der Waals surface area contributed by atoms with Gasteiger partial charge < -0.3 is 10.0 Å². The number of nitrogens with zero attached hydrogens (tertiary/aromatic N) is 1. The van der Waals surface area contributed by atoms with E-state index in [1.807, 2.05) is 11.8 Å². The Morgan fingerprint density at radius 1 is 1.39 bits per heavy atom. The fourth-order valence-corrected chi connectivity index (χ4v) is 4.23. The van der Waals surface area contributed by atoms with Gasteiger partial charge in [-0.15, -0.1) is 0 Å². The predicted molar refractivity (Wildman–Crippen MR) is 90.0 cm³/mol. The van der Waals surface area contributed by atoms with Crippen LogP contribution in [-0.2, 0) is 13.8 Å². The monoisotopic (exact) mass is 400 g/mol. The van der Waals surface area contributed by atoms with Crippen molar-refractivity contribution in [2.75, 3.05) is 18.0 Å². The van der Waals surface area contributed by atoms with Gasteiger partial charge in [0.25, 0.3) is 0 Å². The number of carbonyl (C=O) groups is 1. The molecule has 0 aliphatic carbocycles. The Kier molecular flexibility index (Phi) is 5.09. The molecular formula is C13H15Cl3N2O4S. The quantitative estimate of drug-likeness (QED) is 0.758. The molecule has 0 radical (unpaired) electrons. The molecular weight excluding hydrogens is 387 g/mol. The van der Waals surface area contributed by atoms with Crippen LogP contribution < -0.4 is 10.0 Å². The number of anilines is 1. The number of nitrogens with two attached hydrogens (primary N) is 1. The Hall–Kier alpha value is -0.730. The van der Waals surface area contributed by atoms with Crippen LogP contribution in [0.3, 0.4) is 0 Å². The van der Waals surface area contributed by atoms with Crippen molar-refractivity contribution in [3.63, 3.8) is 0 Å². The summed E-state index contributed by atoms with van der Waals surface area (Å²) in [6, 6.07) is 2.23. The summed E-state index contributed by atoms with van der Waals surface area (Å²) in [5.74, 6) is -0.941. The minimum atomic E-state index is -4.28. The Bertz CT molecular complexity index is 746. The van der Waals surface area contributed by atoms with Crippen molar-refractivity contribution >= 4 is 56.5 Å². The van der Waals surface area contributed by atoms with Gasteiger partial charge in [-0.3, -0.25) is 0 Å². The number of sulfonamides is 1. The van der Waals surface area contributed by atoms with Gasteiger partial charge in [-0.05, 0) is 24.5 Å². The van der Waals surface area contributed by atoms with E-state index in [0.29, 0.717) is 19.0 Å². The Balaban J connectivity index is 2.81. The average Bonchev–Trinajstić information content (AvgIpc) is 2.81. The zero-order valence-corrected chi connectivity index (χ0v) is 15.2. The van der Waals surface area contributed by atoms with Gasteiger partial charge in [0.15, 0.2) is 0 Å². The fourth-order valence-electron chi connectivity index (χ4n) is 2.64. The van der Waals surface area contributed by atoms with E-state index in [4.69, 9.17) is 39.9 Å². The molecule has 0 amide bonds. The van der Waals surface area contributed by atoms with Crippen molar-refractivity contribution in [3.8, 4) is 0 Å². The Labute approximate surface area is 149 Å². The summed E-state index contributed by atoms with van der Waals surface area (Å²) in [7, 11) is -4.28. The zero-order chi connectivity index (χ0) is 17.6. The number of hydrogen-bond acceptors (Lipinski definition) is 4. The third kappa shape index (κ3) is 4.03. The highest BCUT2D eigenvalue weighted by Gasteiger charge is 2.37. The molecule has 10 heteroatoms. The lowest BCUT2D eigenvalue weighted by atomic mass is 10.1. The molecule has 1 heterocycles. The second kappa shape index (κ2) is 6.29. The summed E-state index contributed by atoms with van der Waals surface area (Å²) in [6.07, 6.45) is 0.862. The molecule has 1 saturated heterocycles. The summed E-state index contributed by atoms with van der Waals surface area (Å²) in [4.78, 5) is 12.6. The smallest absolute Gasteiger partial charge is 0.335 e. The van der Waals surface area contributed by atoms with Crippen LogP contribution in [0.15, 0.2) is 17.0 Å². The first-order valence-corrected chi connectivity index (χ1v) is 9.35. The van der Waals surface area contributed by atoms with Crippen molar-refractivity contribution in [1.29, 1.82) is 0 Å². The van der Waals surface area contributed by atoms with Crippen molar-refractivity contribution in [1.82, 2.24) is 0 Å². The maximum Gasteiger partial charge on any atom is 0.335 e. The lowest BCUT2D eigenvalue weighted by Gasteiger charge is -2.27. The molecule has 6 nitrogen and oxygen atoms in total. The van der Waals surface area contributed by atoms with Gasteiger partial charge in [0.2, 0.25) is 13.8 Å². The van der Waals surface area contributed by atoms with E-state index in [2.05, 4.69) is 0 Å². The van der Waals surface area contributed by atoms with Crippen LogP contribution in [0.5, 0.6) is 0 Å². The minimum absolute atomic E-state index is 0.121. The first kappa shape index (κ1) is 18.6. The maximum absolute atomic E-state index is 11.9. The van der Waals surface area contributed by atoms with Crippen LogP contribution in [0.25, 0.3) is 0 Å². The number of rotatable bonds is 3. The van der Waals surface area contributed by atoms with E-state index in [9.17, 15) is 18.3 Å². The largest absolute Gasteiger partial charge is 0.478 e. The molecule has 3 N–H and O–H groups in total. The lowest BCUT2D eigenvalue weighted by Crippen LogP contribution is -2.26.